The van der Waals surface area contributed by atoms with Crippen LogP contribution in [0.1, 0.15) is 11.1 Å². The van der Waals surface area contributed by atoms with Crippen molar-refractivity contribution >= 4 is 23.1 Å². The summed E-state index contributed by atoms with van der Waals surface area (Å²) in [5, 5.41) is 3.20. The highest BCUT2D eigenvalue weighted by molar-refractivity contribution is 7.99. The topological polar surface area (TPSA) is 12.0 Å². The summed E-state index contributed by atoms with van der Waals surface area (Å²) in [5.74, 6) is 0. The second kappa shape index (κ2) is 4.20. The fraction of sp³-hybridized carbons (Fsp3) is 0.143. The van der Waals surface area contributed by atoms with Gasteiger partial charge in [0.25, 0.3) is 0 Å². The van der Waals surface area contributed by atoms with Crippen molar-refractivity contribution in [3.8, 4) is 0 Å². The second-order valence-electron chi connectivity index (χ2n) is 4.38. The molecule has 0 saturated carbocycles. The summed E-state index contributed by atoms with van der Waals surface area (Å²) in [7, 11) is 0. The van der Waals surface area contributed by atoms with Gasteiger partial charge >= 0.3 is 6.18 Å². The van der Waals surface area contributed by atoms with Crippen LogP contribution in [0.3, 0.4) is 0 Å². The van der Waals surface area contributed by atoms with E-state index in [1.807, 2.05) is 25.1 Å². The smallest absolute Gasteiger partial charge is 0.353 e. The number of alkyl halides is 3. The van der Waals surface area contributed by atoms with E-state index in [-0.39, 0.29) is 0 Å². The van der Waals surface area contributed by atoms with Crippen LogP contribution in [0.2, 0.25) is 0 Å². The van der Waals surface area contributed by atoms with Gasteiger partial charge < -0.3 is 5.32 Å². The number of hydrogen-bond donors (Lipinski definition) is 1. The van der Waals surface area contributed by atoms with Crippen LogP contribution in [-0.2, 0) is 6.18 Å². The predicted octanol–water partition coefficient (Wildman–Crippen LogP) is 5.22. The lowest BCUT2D eigenvalue weighted by molar-refractivity contribution is -0.137. The number of hydrogen-bond acceptors (Lipinski definition) is 2. The van der Waals surface area contributed by atoms with Gasteiger partial charge in [-0.15, -0.1) is 0 Å². The highest BCUT2D eigenvalue weighted by Gasteiger charge is 2.31. The van der Waals surface area contributed by atoms with Crippen molar-refractivity contribution in [2.75, 3.05) is 5.32 Å². The van der Waals surface area contributed by atoms with E-state index in [9.17, 15) is 13.2 Å². The van der Waals surface area contributed by atoms with Crippen LogP contribution in [0.5, 0.6) is 0 Å². The third kappa shape index (κ3) is 2.18. The standard InChI is InChI=1S/C14H10F3NS/c1-8-3-2-4-11-13(8)18-10-6-5-9(14(15,16)17)7-12(10)19-11/h2-7,18H,1H3. The maximum Gasteiger partial charge on any atom is 0.416 e. The largest absolute Gasteiger partial charge is 0.416 e. The highest BCUT2D eigenvalue weighted by Crippen LogP contribution is 2.46. The maximum atomic E-state index is 12.7. The lowest BCUT2D eigenvalue weighted by Gasteiger charge is -2.23. The Morgan fingerprint density at radius 2 is 1.84 bits per heavy atom. The molecule has 1 heterocycles. The predicted molar refractivity (Wildman–Crippen MR) is 70.0 cm³/mol. The zero-order valence-electron chi connectivity index (χ0n) is 10.0. The quantitative estimate of drug-likeness (QED) is 0.606. The maximum absolute atomic E-state index is 12.7. The molecule has 5 heteroatoms. The summed E-state index contributed by atoms with van der Waals surface area (Å²) in [6.45, 7) is 1.97. The van der Waals surface area contributed by atoms with E-state index in [1.165, 1.54) is 23.9 Å². The molecule has 2 aromatic carbocycles. The molecule has 0 radical (unpaired) electrons. The lowest BCUT2D eigenvalue weighted by Crippen LogP contribution is -2.07. The van der Waals surface area contributed by atoms with Gasteiger partial charge in [0, 0.05) is 9.79 Å². The van der Waals surface area contributed by atoms with Crippen LogP contribution in [0, 0.1) is 6.92 Å². The summed E-state index contributed by atoms with van der Waals surface area (Å²) in [4.78, 5) is 1.56. The molecule has 0 unspecified atom stereocenters. The summed E-state index contributed by atoms with van der Waals surface area (Å²) in [6, 6.07) is 9.57. The van der Waals surface area contributed by atoms with Gasteiger partial charge in [-0.1, -0.05) is 23.9 Å². The first-order valence-corrected chi connectivity index (χ1v) is 6.52. The van der Waals surface area contributed by atoms with E-state index in [0.717, 1.165) is 27.9 Å². The van der Waals surface area contributed by atoms with Crippen LogP contribution in [0.15, 0.2) is 46.2 Å². The van der Waals surface area contributed by atoms with Crippen molar-refractivity contribution in [1.82, 2.24) is 0 Å². The molecule has 0 saturated heterocycles. The minimum absolute atomic E-state index is 0.605. The van der Waals surface area contributed by atoms with E-state index in [0.29, 0.717) is 4.90 Å². The van der Waals surface area contributed by atoms with E-state index >= 15 is 0 Å². The fourth-order valence-corrected chi connectivity index (χ4v) is 3.14. The van der Waals surface area contributed by atoms with Crippen LogP contribution in [0.4, 0.5) is 24.5 Å². The third-order valence-electron chi connectivity index (χ3n) is 3.02. The molecule has 0 amide bonds. The molecule has 1 aliphatic heterocycles. The molecule has 3 rings (SSSR count). The van der Waals surface area contributed by atoms with Gasteiger partial charge in [-0.2, -0.15) is 13.2 Å². The normalized spacial score (nSPS) is 13.5. The Hall–Kier alpha value is -1.62. The number of para-hydroxylation sites is 1. The molecule has 1 nitrogen and oxygen atoms in total. The van der Waals surface area contributed by atoms with Gasteiger partial charge in [0.15, 0.2) is 0 Å². The Labute approximate surface area is 112 Å². The second-order valence-corrected chi connectivity index (χ2v) is 5.47. The first-order chi connectivity index (χ1) is 8.95. The molecule has 2 aromatic rings. The monoisotopic (exact) mass is 281 g/mol. The average molecular weight is 281 g/mol. The van der Waals surface area contributed by atoms with Gasteiger partial charge in [0.1, 0.15) is 0 Å². The molecule has 0 aromatic heterocycles. The van der Waals surface area contributed by atoms with E-state index in [2.05, 4.69) is 5.32 Å². The molecular formula is C14H10F3NS. The van der Waals surface area contributed by atoms with Crippen molar-refractivity contribution in [2.24, 2.45) is 0 Å². The van der Waals surface area contributed by atoms with Crippen LogP contribution >= 0.6 is 11.8 Å². The van der Waals surface area contributed by atoms with Crippen molar-refractivity contribution < 1.29 is 13.2 Å². The third-order valence-corrected chi connectivity index (χ3v) is 4.14. The Bertz CT molecular complexity index is 650. The summed E-state index contributed by atoms with van der Waals surface area (Å²) in [5.41, 5.74) is 2.16. The number of rotatable bonds is 0. The first-order valence-electron chi connectivity index (χ1n) is 5.71. The number of halogens is 3. The minimum Gasteiger partial charge on any atom is -0.353 e. The summed E-state index contributed by atoms with van der Waals surface area (Å²) in [6.07, 6.45) is -4.30. The summed E-state index contributed by atoms with van der Waals surface area (Å²) >= 11 is 1.36. The Morgan fingerprint density at radius 1 is 1.05 bits per heavy atom. The zero-order valence-corrected chi connectivity index (χ0v) is 10.8. The Kier molecular flexibility index (Phi) is 2.74. The molecular weight excluding hydrogens is 271 g/mol. The van der Waals surface area contributed by atoms with Gasteiger partial charge in [-0.05, 0) is 36.8 Å². The summed E-state index contributed by atoms with van der Waals surface area (Å²) < 4.78 is 38.1. The Morgan fingerprint density at radius 3 is 2.58 bits per heavy atom. The lowest BCUT2D eigenvalue weighted by atomic mass is 10.1. The van der Waals surface area contributed by atoms with Crippen LogP contribution in [0.25, 0.3) is 0 Å². The average Bonchev–Trinajstić information content (AvgIpc) is 2.35. The molecule has 1 N–H and O–H groups in total. The molecule has 0 atom stereocenters. The van der Waals surface area contributed by atoms with Gasteiger partial charge in [-0.25, -0.2) is 0 Å². The number of anilines is 2. The Balaban J connectivity index is 2.06. The van der Waals surface area contributed by atoms with Crippen molar-refractivity contribution in [1.29, 1.82) is 0 Å². The minimum atomic E-state index is -4.30. The molecule has 0 bridgehead atoms. The van der Waals surface area contributed by atoms with Crippen molar-refractivity contribution in [3.63, 3.8) is 0 Å². The van der Waals surface area contributed by atoms with E-state index < -0.39 is 11.7 Å². The molecule has 19 heavy (non-hydrogen) atoms. The van der Waals surface area contributed by atoms with Crippen molar-refractivity contribution in [3.05, 3.63) is 47.5 Å². The first kappa shape index (κ1) is 12.4. The molecule has 0 fully saturated rings. The van der Waals surface area contributed by atoms with Crippen molar-refractivity contribution in [2.45, 2.75) is 22.9 Å². The molecule has 0 spiro atoms. The van der Waals surface area contributed by atoms with Gasteiger partial charge in [-0.3, -0.25) is 0 Å². The van der Waals surface area contributed by atoms with E-state index in [4.69, 9.17) is 0 Å². The highest BCUT2D eigenvalue weighted by atomic mass is 32.2. The molecule has 0 aliphatic carbocycles. The molecule has 98 valence electrons. The van der Waals surface area contributed by atoms with E-state index in [1.54, 1.807) is 0 Å². The number of fused-ring (bicyclic) bond motifs is 2. The molecule has 1 aliphatic rings. The SMILES string of the molecule is Cc1cccc2c1Nc1ccc(C(F)(F)F)cc1S2. The van der Waals surface area contributed by atoms with Crippen LogP contribution in [-0.4, -0.2) is 0 Å². The fourth-order valence-electron chi connectivity index (χ4n) is 2.03. The van der Waals surface area contributed by atoms with Gasteiger partial charge in [0.2, 0.25) is 0 Å². The number of aryl methyl sites for hydroxylation is 1. The number of nitrogens with one attached hydrogen (secondary N) is 1. The number of benzene rings is 2. The van der Waals surface area contributed by atoms with Gasteiger partial charge in [0.05, 0.1) is 16.9 Å². The zero-order chi connectivity index (χ0) is 13.6. The van der Waals surface area contributed by atoms with Crippen LogP contribution < -0.4 is 5.32 Å².